The van der Waals surface area contributed by atoms with Crippen LogP contribution in [0.1, 0.15) is 10.5 Å². The first-order chi connectivity index (χ1) is 9.72. The third kappa shape index (κ3) is 2.42. The maximum Gasteiger partial charge on any atom is 0.354 e. The van der Waals surface area contributed by atoms with Gasteiger partial charge in [-0.3, -0.25) is 4.98 Å². The molecular formula is C15H10N2O3. The predicted octanol–water partition coefficient (Wildman–Crippen LogP) is 3.12. The molecule has 0 saturated heterocycles. The summed E-state index contributed by atoms with van der Waals surface area (Å²) >= 11 is 0. The molecule has 0 aliphatic rings. The molecule has 0 aliphatic carbocycles. The molecular weight excluding hydrogens is 256 g/mol. The van der Waals surface area contributed by atoms with Crippen molar-refractivity contribution in [2.75, 3.05) is 0 Å². The molecule has 3 aromatic rings. The van der Waals surface area contributed by atoms with Gasteiger partial charge < -0.3 is 9.84 Å². The zero-order valence-electron chi connectivity index (χ0n) is 10.4. The lowest BCUT2D eigenvalue weighted by Gasteiger charge is -2.05. The number of carboxylic acid groups (broad SMARTS) is 1. The number of aromatic nitrogens is 2. The van der Waals surface area contributed by atoms with Crippen molar-refractivity contribution in [3.63, 3.8) is 0 Å². The molecule has 0 saturated carbocycles. The van der Waals surface area contributed by atoms with E-state index in [4.69, 9.17) is 9.84 Å². The molecule has 0 bridgehead atoms. The van der Waals surface area contributed by atoms with Crippen LogP contribution in [0.2, 0.25) is 0 Å². The van der Waals surface area contributed by atoms with Crippen molar-refractivity contribution in [1.82, 2.24) is 9.97 Å². The Kier molecular flexibility index (Phi) is 3.01. The van der Waals surface area contributed by atoms with Crippen molar-refractivity contribution in [2.45, 2.75) is 0 Å². The van der Waals surface area contributed by atoms with Gasteiger partial charge in [0.15, 0.2) is 5.69 Å². The number of hydrogen-bond acceptors (Lipinski definition) is 4. The molecule has 0 aliphatic heterocycles. The number of fused-ring (bicyclic) bond motifs is 1. The van der Waals surface area contributed by atoms with Crippen molar-refractivity contribution in [1.29, 1.82) is 0 Å². The summed E-state index contributed by atoms with van der Waals surface area (Å²) in [6.07, 6.45) is 1.58. The van der Waals surface area contributed by atoms with Gasteiger partial charge in [-0.15, -0.1) is 0 Å². The fraction of sp³-hybridized carbons (Fsp3) is 0. The Bertz CT molecular complexity index is 787. The molecule has 5 heteroatoms. The summed E-state index contributed by atoms with van der Waals surface area (Å²) < 4.78 is 5.54. The highest BCUT2D eigenvalue weighted by atomic mass is 16.5. The number of carboxylic acids is 1. The minimum atomic E-state index is -1.09. The molecule has 20 heavy (non-hydrogen) atoms. The molecule has 2 heterocycles. The van der Waals surface area contributed by atoms with E-state index >= 15 is 0 Å². The van der Waals surface area contributed by atoms with Crippen LogP contribution in [0.4, 0.5) is 0 Å². The minimum Gasteiger partial charge on any atom is -0.477 e. The van der Waals surface area contributed by atoms with E-state index in [1.807, 2.05) is 30.3 Å². The number of carbonyl (C=O) groups is 1. The van der Waals surface area contributed by atoms with Crippen LogP contribution in [0.25, 0.3) is 10.9 Å². The number of rotatable bonds is 3. The average Bonchev–Trinajstić information content (AvgIpc) is 2.47. The summed E-state index contributed by atoms with van der Waals surface area (Å²) in [6.45, 7) is 0. The molecule has 0 spiro atoms. The third-order valence-corrected chi connectivity index (χ3v) is 2.73. The molecule has 1 N–H and O–H groups in total. The van der Waals surface area contributed by atoms with E-state index in [0.29, 0.717) is 5.75 Å². The van der Waals surface area contributed by atoms with Gasteiger partial charge in [0.1, 0.15) is 5.75 Å². The first kappa shape index (κ1) is 12.1. The number of nitrogens with zero attached hydrogens (tertiary/aromatic N) is 2. The summed E-state index contributed by atoms with van der Waals surface area (Å²) in [5.74, 6) is -0.354. The SMILES string of the molecule is O=C(O)c1cccc(Oc2cnc3ccccc3c2)n1. The molecule has 0 fully saturated rings. The molecule has 2 aromatic heterocycles. The van der Waals surface area contributed by atoms with Gasteiger partial charge in [-0.25, -0.2) is 9.78 Å². The van der Waals surface area contributed by atoms with Crippen molar-refractivity contribution in [3.05, 3.63) is 60.4 Å². The second kappa shape index (κ2) is 4.97. The fourth-order valence-electron chi connectivity index (χ4n) is 1.82. The lowest BCUT2D eigenvalue weighted by molar-refractivity contribution is 0.0689. The Morgan fingerprint density at radius 1 is 1.10 bits per heavy atom. The number of pyridine rings is 2. The molecule has 1 aromatic carbocycles. The Morgan fingerprint density at radius 2 is 1.95 bits per heavy atom. The molecule has 0 amide bonds. The number of hydrogen-bond donors (Lipinski definition) is 1. The van der Waals surface area contributed by atoms with Crippen molar-refractivity contribution in [2.24, 2.45) is 0 Å². The number of para-hydroxylation sites is 1. The normalized spacial score (nSPS) is 10.4. The number of ether oxygens (including phenoxy) is 1. The maximum atomic E-state index is 10.9. The van der Waals surface area contributed by atoms with E-state index in [-0.39, 0.29) is 11.6 Å². The third-order valence-electron chi connectivity index (χ3n) is 2.73. The zero-order chi connectivity index (χ0) is 13.9. The van der Waals surface area contributed by atoms with Crippen LogP contribution < -0.4 is 4.74 Å². The monoisotopic (exact) mass is 266 g/mol. The van der Waals surface area contributed by atoms with Gasteiger partial charge in [0.05, 0.1) is 11.7 Å². The topological polar surface area (TPSA) is 72.3 Å². The smallest absolute Gasteiger partial charge is 0.354 e. The summed E-state index contributed by atoms with van der Waals surface area (Å²) in [5, 5.41) is 9.83. The second-order valence-corrected chi connectivity index (χ2v) is 4.13. The van der Waals surface area contributed by atoms with Crippen molar-refractivity contribution in [3.8, 4) is 11.6 Å². The van der Waals surface area contributed by atoms with Gasteiger partial charge in [0.2, 0.25) is 5.88 Å². The van der Waals surface area contributed by atoms with Gasteiger partial charge in [0.25, 0.3) is 0 Å². The number of aromatic carboxylic acids is 1. The summed E-state index contributed by atoms with van der Waals surface area (Å²) in [7, 11) is 0. The average molecular weight is 266 g/mol. The highest BCUT2D eigenvalue weighted by molar-refractivity contribution is 5.85. The summed E-state index contributed by atoms with van der Waals surface area (Å²) in [6, 6.07) is 14.1. The van der Waals surface area contributed by atoms with Crippen LogP contribution >= 0.6 is 0 Å². The minimum absolute atomic E-state index is 0.0590. The van der Waals surface area contributed by atoms with Gasteiger partial charge in [-0.1, -0.05) is 24.3 Å². The Balaban J connectivity index is 1.92. The molecule has 3 rings (SSSR count). The van der Waals surface area contributed by atoms with Gasteiger partial charge in [0, 0.05) is 11.5 Å². The fourth-order valence-corrected chi connectivity index (χ4v) is 1.82. The van der Waals surface area contributed by atoms with E-state index < -0.39 is 5.97 Å². The molecule has 0 unspecified atom stereocenters. The molecule has 5 nitrogen and oxygen atoms in total. The van der Waals surface area contributed by atoms with Crippen LogP contribution in [0.15, 0.2) is 54.7 Å². The van der Waals surface area contributed by atoms with Gasteiger partial charge >= 0.3 is 5.97 Å². The lowest BCUT2D eigenvalue weighted by Crippen LogP contribution is -2.00. The first-order valence-corrected chi connectivity index (χ1v) is 5.95. The van der Waals surface area contributed by atoms with Gasteiger partial charge in [-0.2, -0.15) is 0 Å². The van der Waals surface area contributed by atoms with E-state index in [2.05, 4.69) is 9.97 Å². The van der Waals surface area contributed by atoms with Crippen LogP contribution in [0.3, 0.4) is 0 Å². The number of benzene rings is 1. The summed E-state index contributed by atoms with van der Waals surface area (Å²) in [4.78, 5) is 19.0. The maximum absolute atomic E-state index is 10.9. The summed E-state index contributed by atoms with van der Waals surface area (Å²) in [5.41, 5.74) is 0.809. The molecule has 0 radical (unpaired) electrons. The molecule has 98 valence electrons. The highest BCUT2D eigenvalue weighted by Gasteiger charge is 2.07. The Hall–Kier alpha value is -2.95. The Labute approximate surface area is 114 Å². The standard InChI is InChI=1S/C15H10N2O3/c18-15(19)13-6-3-7-14(17-13)20-11-8-10-4-1-2-5-12(10)16-9-11/h1-9H,(H,18,19). The second-order valence-electron chi connectivity index (χ2n) is 4.13. The van der Waals surface area contributed by atoms with Crippen LogP contribution in [0, 0.1) is 0 Å². The first-order valence-electron chi connectivity index (χ1n) is 5.95. The quantitative estimate of drug-likeness (QED) is 0.788. The zero-order valence-corrected chi connectivity index (χ0v) is 10.4. The van der Waals surface area contributed by atoms with Crippen LogP contribution in [-0.4, -0.2) is 21.0 Å². The predicted molar refractivity (Wildman–Crippen MR) is 73.0 cm³/mol. The van der Waals surface area contributed by atoms with E-state index in [1.54, 1.807) is 18.3 Å². The largest absolute Gasteiger partial charge is 0.477 e. The van der Waals surface area contributed by atoms with E-state index in [1.165, 1.54) is 6.07 Å². The van der Waals surface area contributed by atoms with Crippen LogP contribution in [0.5, 0.6) is 11.6 Å². The Morgan fingerprint density at radius 3 is 2.80 bits per heavy atom. The van der Waals surface area contributed by atoms with E-state index in [0.717, 1.165) is 10.9 Å². The lowest BCUT2D eigenvalue weighted by atomic mass is 10.2. The highest BCUT2D eigenvalue weighted by Crippen LogP contribution is 2.22. The van der Waals surface area contributed by atoms with E-state index in [9.17, 15) is 4.79 Å². The van der Waals surface area contributed by atoms with Crippen molar-refractivity contribution < 1.29 is 14.6 Å². The van der Waals surface area contributed by atoms with Crippen LogP contribution in [-0.2, 0) is 0 Å². The van der Waals surface area contributed by atoms with Gasteiger partial charge in [-0.05, 0) is 18.2 Å². The van der Waals surface area contributed by atoms with Crippen molar-refractivity contribution >= 4 is 16.9 Å². The molecule has 0 atom stereocenters.